The zero-order valence-corrected chi connectivity index (χ0v) is 21.4. The molecule has 0 aromatic heterocycles. The topological polar surface area (TPSA) is 78.9 Å². The molecular weight excluding hydrogens is 420 g/mol. The quantitative estimate of drug-likeness (QED) is 0.210. The third-order valence-electron chi connectivity index (χ3n) is 5.36. The Balaban J connectivity index is 2.86. The molecule has 0 saturated heterocycles. The molecule has 0 N–H and O–H groups in total. The summed E-state index contributed by atoms with van der Waals surface area (Å²) >= 11 is 0. The number of benzene rings is 1. The van der Waals surface area contributed by atoms with Crippen LogP contribution >= 0.6 is 0 Å². The molecule has 6 nitrogen and oxygen atoms in total. The van der Waals surface area contributed by atoms with Gasteiger partial charge in [0.1, 0.15) is 12.2 Å². The van der Waals surface area contributed by atoms with Crippen LogP contribution in [0.25, 0.3) is 6.08 Å². The molecule has 1 aromatic carbocycles. The molecule has 1 rings (SSSR count). The van der Waals surface area contributed by atoms with Gasteiger partial charge in [0.25, 0.3) is 0 Å². The predicted molar refractivity (Wildman–Crippen MR) is 129 cm³/mol. The molecule has 0 heterocycles. The number of ether oxygens (including phenoxy) is 3. The molecule has 182 valence electrons. The lowest BCUT2D eigenvalue weighted by Gasteiger charge is -2.39. The van der Waals surface area contributed by atoms with Crippen molar-refractivity contribution in [2.75, 3.05) is 6.61 Å². The van der Waals surface area contributed by atoms with Crippen molar-refractivity contribution in [3.05, 3.63) is 53.6 Å². The van der Waals surface area contributed by atoms with E-state index in [0.717, 1.165) is 11.1 Å². The summed E-state index contributed by atoms with van der Waals surface area (Å²) in [5.41, 5.74) is -1.22. The van der Waals surface area contributed by atoms with E-state index in [9.17, 15) is 14.4 Å². The number of rotatable bonds is 9. The van der Waals surface area contributed by atoms with Crippen LogP contribution in [0.4, 0.5) is 0 Å². The Morgan fingerprint density at radius 2 is 1.42 bits per heavy atom. The predicted octanol–water partition coefficient (Wildman–Crippen LogP) is 5.52. The molecule has 33 heavy (non-hydrogen) atoms. The minimum Gasteiger partial charge on any atom is -0.461 e. The fourth-order valence-electron chi connectivity index (χ4n) is 2.66. The van der Waals surface area contributed by atoms with Gasteiger partial charge in [-0.25, -0.2) is 4.79 Å². The number of hydrogen-bond donors (Lipinski definition) is 0. The van der Waals surface area contributed by atoms with Gasteiger partial charge in [0, 0.05) is 6.08 Å². The molecule has 0 amide bonds. The van der Waals surface area contributed by atoms with Gasteiger partial charge in [0.15, 0.2) is 6.10 Å². The highest BCUT2D eigenvalue weighted by Gasteiger charge is 2.51. The normalized spacial score (nSPS) is 13.2. The summed E-state index contributed by atoms with van der Waals surface area (Å²) in [7, 11) is 0. The van der Waals surface area contributed by atoms with E-state index >= 15 is 0 Å². The van der Waals surface area contributed by atoms with Gasteiger partial charge >= 0.3 is 17.9 Å². The zero-order valence-electron chi connectivity index (χ0n) is 21.4. The van der Waals surface area contributed by atoms with Crippen molar-refractivity contribution in [2.24, 2.45) is 10.8 Å². The molecule has 0 radical (unpaired) electrons. The standard InChI is InChI=1S/C27H38O6/c1-19(2)17-21(32-22(28)16-15-20-13-11-10-12-14-20)18-31-23(29)26(6,7)27(8,9)24(30)33-25(3,4)5/h10-17,21H,18H2,1-9H3/b16-15+. The van der Waals surface area contributed by atoms with E-state index < -0.39 is 40.4 Å². The number of allylic oxidation sites excluding steroid dienone is 1. The Morgan fingerprint density at radius 3 is 1.94 bits per heavy atom. The summed E-state index contributed by atoms with van der Waals surface area (Å²) in [6.45, 7) is 15.5. The Kier molecular flexibility index (Phi) is 9.64. The van der Waals surface area contributed by atoms with E-state index in [-0.39, 0.29) is 6.61 Å². The molecular formula is C27H38O6. The molecule has 0 aliphatic rings. The van der Waals surface area contributed by atoms with Crippen LogP contribution < -0.4 is 0 Å². The third kappa shape index (κ3) is 8.87. The number of carbonyl (C=O) groups is 3. The van der Waals surface area contributed by atoms with Crippen LogP contribution in [0.5, 0.6) is 0 Å². The maximum Gasteiger partial charge on any atom is 0.331 e. The largest absolute Gasteiger partial charge is 0.461 e. The fraction of sp³-hybridized carbons (Fsp3) is 0.519. The Labute approximate surface area is 198 Å². The lowest BCUT2D eigenvalue weighted by molar-refractivity contribution is -0.184. The third-order valence-corrected chi connectivity index (χ3v) is 5.36. The second-order valence-corrected chi connectivity index (χ2v) is 10.3. The minimum absolute atomic E-state index is 0.164. The van der Waals surface area contributed by atoms with Gasteiger partial charge in [-0.05, 0) is 80.0 Å². The highest BCUT2D eigenvalue weighted by atomic mass is 16.6. The van der Waals surface area contributed by atoms with Gasteiger partial charge in [-0.2, -0.15) is 0 Å². The second kappa shape index (κ2) is 11.3. The van der Waals surface area contributed by atoms with Crippen LogP contribution in [-0.2, 0) is 28.6 Å². The summed E-state index contributed by atoms with van der Waals surface area (Å²) in [6.07, 6.45) is 3.94. The first-order chi connectivity index (χ1) is 15.1. The highest BCUT2D eigenvalue weighted by molar-refractivity contribution is 5.88. The Hall–Kier alpha value is -2.89. The lowest BCUT2D eigenvalue weighted by Crippen LogP contribution is -2.48. The zero-order chi connectivity index (χ0) is 25.4. The van der Waals surface area contributed by atoms with Gasteiger partial charge in [0.2, 0.25) is 0 Å². The molecule has 0 aliphatic carbocycles. The van der Waals surface area contributed by atoms with Crippen molar-refractivity contribution >= 4 is 24.0 Å². The van der Waals surface area contributed by atoms with Gasteiger partial charge in [-0.1, -0.05) is 35.9 Å². The first kappa shape index (κ1) is 28.1. The Morgan fingerprint density at radius 1 is 0.879 bits per heavy atom. The summed E-state index contributed by atoms with van der Waals surface area (Å²) in [5.74, 6) is -1.62. The van der Waals surface area contributed by atoms with Crippen molar-refractivity contribution in [3.63, 3.8) is 0 Å². The summed E-state index contributed by atoms with van der Waals surface area (Å²) < 4.78 is 16.5. The maximum atomic E-state index is 13.0. The molecule has 6 heteroatoms. The van der Waals surface area contributed by atoms with Gasteiger partial charge in [0.05, 0.1) is 10.8 Å². The van der Waals surface area contributed by atoms with Crippen LogP contribution in [0.2, 0.25) is 0 Å². The van der Waals surface area contributed by atoms with Gasteiger partial charge in [-0.15, -0.1) is 0 Å². The SMILES string of the molecule is CC(C)=CC(COC(=O)C(C)(C)C(C)(C)C(=O)OC(C)(C)C)OC(=O)/C=C/c1ccccc1. The first-order valence-corrected chi connectivity index (χ1v) is 11.1. The average molecular weight is 459 g/mol. The van der Waals surface area contributed by atoms with Gasteiger partial charge < -0.3 is 14.2 Å². The van der Waals surface area contributed by atoms with Crippen molar-refractivity contribution in [3.8, 4) is 0 Å². The molecule has 0 saturated carbocycles. The molecule has 0 fully saturated rings. The summed E-state index contributed by atoms with van der Waals surface area (Å²) in [5, 5.41) is 0. The molecule has 1 unspecified atom stereocenters. The molecule has 1 atom stereocenters. The van der Waals surface area contributed by atoms with Crippen molar-refractivity contribution in [2.45, 2.75) is 74.0 Å². The summed E-state index contributed by atoms with van der Waals surface area (Å²) in [6, 6.07) is 9.37. The first-order valence-electron chi connectivity index (χ1n) is 11.1. The fourth-order valence-corrected chi connectivity index (χ4v) is 2.66. The smallest absolute Gasteiger partial charge is 0.331 e. The van der Waals surface area contributed by atoms with Crippen LogP contribution in [0, 0.1) is 10.8 Å². The van der Waals surface area contributed by atoms with Crippen LogP contribution in [0.3, 0.4) is 0 Å². The minimum atomic E-state index is -1.18. The van der Waals surface area contributed by atoms with Gasteiger partial charge in [-0.3, -0.25) is 9.59 Å². The van der Waals surface area contributed by atoms with E-state index in [1.807, 2.05) is 44.2 Å². The van der Waals surface area contributed by atoms with Crippen LogP contribution in [-0.4, -0.2) is 36.2 Å². The average Bonchev–Trinajstić information content (AvgIpc) is 2.69. The number of carbonyl (C=O) groups excluding carboxylic acids is 3. The molecule has 0 bridgehead atoms. The number of hydrogen-bond acceptors (Lipinski definition) is 6. The second-order valence-electron chi connectivity index (χ2n) is 10.3. The monoisotopic (exact) mass is 458 g/mol. The van der Waals surface area contributed by atoms with Crippen LogP contribution in [0.15, 0.2) is 48.1 Å². The van der Waals surface area contributed by atoms with E-state index in [1.54, 1.807) is 60.6 Å². The molecule has 1 aromatic rings. The molecule has 0 spiro atoms. The maximum absolute atomic E-state index is 13.0. The van der Waals surface area contributed by atoms with E-state index in [0.29, 0.717) is 0 Å². The lowest BCUT2D eigenvalue weighted by atomic mass is 9.68. The van der Waals surface area contributed by atoms with Crippen molar-refractivity contribution < 1.29 is 28.6 Å². The highest BCUT2D eigenvalue weighted by Crippen LogP contribution is 2.41. The summed E-state index contributed by atoms with van der Waals surface area (Å²) in [4.78, 5) is 38.0. The molecule has 0 aliphatic heterocycles. The van der Waals surface area contributed by atoms with E-state index in [1.165, 1.54) is 6.08 Å². The van der Waals surface area contributed by atoms with Crippen molar-refractivity contribution in [1.82, 2.24) is 0 Å². The number of esters is 3. The van der Waals surface area contributed by atoms with Crippen molar-refractivity contribution in [1.29, 1.82) is 0 Å². The Bertz CT molecular complexity index is 881. The van der Waals surface area contributed by atoms with Crippen LogP contribution in [0.1, 0.15) is 67.9 Å². The van der Waals surface area contributed by atoms with E-state index in [4.69, 9.17) is 14.2 Å². The van der Waals surface area contributed by atoms with E-state index in [2.05, 4.69) is 0 Å².